The summed E-state index contributed by atoms with van der Waals surface area (Å²) < 4.78 is 5.01. The molecule has 142 valence electrons. The van der Waals surface area contributed by atoms with Gasteiger partial charge >= 0.3 is 12.1 Å². The largest absolute Gasteiger partial charge is 0.480 e. The van der Waals surface area contributed by atoms with Gasteiger partial charge < -0.3 is 25.4 Å². The first-order chi connectivity index (χ1) is 12.5. The van der Waals surface area contributed by atoms with Crippen LogP contribution in [0.3, 0.4) is 0 Å². The highest BCUT2D eigenvalue weighted by atomic mass is 16.5. The number of nitrogens with one attached hydrogen (secondary N) is 2. The average molecular weight is 363 g/mol. The summed E-state index contributed by atoms with van der Waals surface area (Å²) in [5, 5.41) is 14.1. The van der Waals surface area contributed by atoms with Gasteiger partial charge in [-0.15, -0.1) is 0 Å². The highest BCUT2D eigenvalue weighted by Crippen LogP contribution is 2.15. The van der Waals surface area contributed by atoms with Crippen molar-refractivity contribution in [3.63, 3.8) is 0 Å². The fourth-order valence-corrected chi connectivity index (χ4v) is 2.72. The molecule has 0 spiro atoms. The van der Waals surface area contributed by atoms with Gasteiger partial charge in [0, 0.05) is 12.5 Å². The second-order valence-electron chi connectivity index (χ2n) is 6.42. The molecule has 1 aromatic carbocycles. The van der Waals surface area contributed by atoms with Gasteiger partial charge in [0.25, 0.3) is 0 Å². The van der Waals surface area contributed by atoms with E-state index in [0.717, 1.165) is 31.5 Å². The van der Waals surface area contributed by atoms with Crippen LogP contribution in [0.1, 0.15) is 18.4 Å². The number of benzene rings is 1. The Morgan fingerprint density at radius 1 is 1.23 bits per heavy atom. The number of carboxylic acid groups (broad SMARTS) is 1. The van der Waals surface area contributed by atoms with Crippen molar-refractivity contribution in [2.45, 2.75) is 25.5 Å². The van der Waals surface area contributed by atoms with Crippen LogP contribution in [-0.2, 0) is 20.9 Å². The van der Waals surface area contributed by atoms with E-state index in [2.05, 4.69) is 15.5 Å². The first-order valence-electron chi connectivity index (χ1n) is 8.62. The number of ether oxygens (including phenoxy) is 1. The van der Waals surface area contributed by atoms with Gasteiger partial charge in [-0.05, 0) is 38.5 Å². The monoisotopic (exact) mass is 363 g/mol. The molecule has 0 bridgehead atoms. The van der Waals surface area contributed by atoms with Crippen LogP contribution >= 0.6 is 0 Å². The molecule has 0 aliphatic carbocycles. The Bertz CT molecular complexity index is 615. The first kappa shape index (κ1) is 19.7. The number of amides is 2. The maximum atomic E-state index is 12.2. The van der Waals surface area contributed by atoms with Gasteiger partial charge in [0.15, 0.2) is 0 Å². The van der Waals surface area contributed by atoms with Gasteiger partial charge in [-0.25, -0.2) is 9.59 Å². The molecule has 0 saturated carbocycles. The zero-order valence-electron chi connectivity index (χ0n) is 14.8. The zero-order valence-corrected chi connectivity index (χ0v) is 14.8. The zero-order chi connectivity index (χ0) is 18.9. The Balaban J connectivity index is 1.76. The second-order valence-corrected chi connectivity index (χ2v) is 6.42. The number of carboxylic acids is 1. The van der Waals surface area contributed by atoms with Crippen molar-refractivity contribution in [1.29, 1.82) is 0 Å². The number of carbonyl (C=O) groups excluding carboxylic acids is 2. The standard InChI is InChI=1S/C18H25N3O5/c1-21-9-7-14(8-10-21)16(22)19-11-15(17(23)24)20-18(25)26-12-13-5-3-2-4-6-13/h2-6,14-15H,7-12H2,1H3,(H,19,22)(H,20,25)(H,23,24). The minimum atomic E-state index is -1.24. The summed E-state index contributed by atoms with van der Waals surface area (Å²) in [5.74, 6) is -1.53. The Hall–Kier alpha value is -2.61. The third kappa shape index (κ3) is 6.36. The van der Waals surface area contributed by atoms with Crippen molar-refractivity contribution in [2.24, 2.45) is 5.92 Å². The van der Waals surface area contributed by atoms with E-state index in [-0.39, 0.29) is 25.0 Å². The molecule has 1 unspecified atom stereocenters. The van der Waals surface area contributed by atoms with E-state index in [1.807, 2.05) is 25.2 Å². The number of alkyl carbamates (subject to hydrolysis) is 1. The van der Waals surface area contributed by atoms with Gasteiger partial charge in [-0.1, -0.05) is 30.3 Å². The molecule has 3 N–H and O–H groups in total. The van der Waals surface area contributed by atoms with Crippen LogP contribution in [0.4, 0.5) is 4.79 Å². The second kappa shape index (κ2) is 9.76. The number of likely N-dealkylation sites (tertiary alicyclic amines) is 1. The first-order valence-corrected chi connectivity index (χ1v) is 8.62. The van der Waals surface area contributed by atoms with Crippen LogP contribution < -0.4 is 10.6 Å². The maximum Gasteiger partial charge on any atom is 0.408 e. The lowest BCUT2D eigenvalue weighted by molar-refractivity contribution is -0.139. The third-order valence-corrected chi connectivity index (χ3v) is 4.37. The summed E-state index contributed by atoms with van der Waals surface area (Å²) in [6, 6.07) is 7.82. The van der Waals surface area contributed by atoms with E-state index in [0.29, 0.717) is 0 Å². The Kier molecular flexibility index (Phi) is 7.40. The number of piperidine rings is 1. The topological polar surface area (TPSA) is 108 Å². The molecular weight excluding hydrogens is 338 g/mol. The molecule has 8 heteroatoms. The normalized spacial score (nSPS) is 16.5. The van der Waals surface area contributed by atoms with Gasteiger partial charge in [-0.3, -0.25) is 4.79 Å². The Morgan fingerprint density at radius 2 is 1.88 bits per heavy atom. The van der Waals surface area contributed by atoms with Crippen LogP contribution in [0.15, 0.2) is 30.3 Å². The van der Waals surface area contributed by atoms with E-state index in [1.165, 1.54) is 0 Å². The van der Waals surface area contributed by atoms with Crippen molar-refractivity contribution in [3.8, 4) is 0 Å². The lowest BCUT2D eigenvalue weighted by Gasteiger charge is -2.28. The highest BCUT2D eigenvalue weighted by Gasteiger charge is 2.26. The fraction of sp³-hybridized carbons (Fsp3) is 0.500. The predicted molar refractivity (Wildman–Crippen MR) is 94.4 cm³/mol. The van der Waals surface area contributed by atoms with E-state index < -0.39 is 18.1 Å². The quantitative estimate of drug-likeness (QED) is 0.662. The molecule has 8 nitrogen and oxygen atoms in total. The van der Waals surface area contributed by atoms with Crippen molar-refractivity contribution < 1.29 is 24.2 Å². The number of carbonyl (C=O) groups is 3. The average Bonchev–Trinajstić information content (AvgIpc) is 2.64. The van der Waals surface area contributed by atoms with Crippen molar-refractivity contribution >= 4 is 18.0 Å². The molecule has 0 aromatic heterocycles. The third-order valence-electron chi connectivity index (χ3n) is 4.37. The molecular formula is C18H25N3O5. The molecule has 1 atom stereocenters. The lowest BCUT2D eigenvalue weighted by atomic mass is 9.96. The summed E-state index contributed by atoms with van der Waals surface area (Å²) >= 11 is 0. The summed E-state index contributed by atoms with van der Waals surface area (Å²) in [4.78, 5) is 37.4. The van der Waals surface area contributed by atoms with Crippen LogP contribution in [0.5, 0.6) is 0 Å². The number of aliphatic carboxylic acids is 1. The Labute approximate surface area is 152 Å². The molecule has 0 radical (unpaired) electrons. The molecule has 1 aliphatic heterocycles. The fourth-order valence-electron chi connectivity index (χ4n) is 2.72. The maximum absolute atomic E-state index is 12.2. The highest BCUT2D eigenvalue weighted by molar-refractivity contribution is 5.82. The summed E-state index contributed by atoms with van der Waals surface area (Å²) in [6.07, 6.45) is 0.647. The lowest BCUT2D eigenvalue weighted by Crippen LogP contribution is -2.50. The van der Waals surface area contributed by atoms with Gasteiger partial charge in [0.05, 0.1) is 0 Å². The summed E-state index contributed by atoms with van der Waals surface area (Å²) in [6.45, 7) is 1.54. The summed E-state index contributed by atoms with van der Waals surface area (Å²) in [5.41, 5.74) is 0.796. The van der Waals surface area contributed by atoms with Crippen molar-refractivity contribution in [2.75, 3.05) is 26.7 Å². The molecule has 1 heterocycles. The van der Waals surface area contributed by atoms with E-state index in [1.54, 1.807) is 12.1 Å². The van der Waals surface area contributed by atoms with Gasteiger partial charge in [-0.2, -0.15) is 0 Å². The van der Waals surface area contributed by atoms with Crippen molar-refractivity contribution in [1.82, 2.24) is 15.5 Å². The smallest absolute Gasteiger partial charge is 0.408 e. The Morgan fingerprint density at radius 3 is 2.50 bits per heavy atom. The minimum absolute atomic E-state index is 0.0426. The number of rotatable bonds is 7. The number of hydrogen-bond donors (Lipinski definition) is 3. The number of hydrogen-bond acceptors (Lipinski definition) is 5. The van der Waals surface area contributed by atoms with E-state index in [4.69, 9.17) is 4.74 Å². The molecule has 2 rings (SSSR count). The SMILES string of the molecule is CN1CCC(C(=O)NCC(NC(=O)OCc2ccccc2)C(=O)O)CC1. The van der Waals surface area contributed by atoms with Crippen LogP contribution in [0.2, 0.25) is 0 Å². The van der Waals surface area contributed by atoms with Crippen LogP contribution in [0, 0.1) is 5.92 Å². The van der Waals surface area contributed by atoms with E-state index >= 15 is 0 Å². The van der Waals surface area contributed by atoms with Crippen LogP contribution in [0.25, 0.3) is 0 Å². The molecule has 2 amide bonds. The molecule has 1 aliphatic rings. The van der Waals surface area contributed by atoms with E-state index in [9.17, 15) is 19.5 Å². The number of nitrogens with zero attached hydrogens (tertiary/aromatic N) is 1. The predicted octanol–water partition coefficient (Wildman–Crippen LogP) is 0.824. The molecule has 1 aromatic rings. The van der Waals surface area contributed by atoms with Crippen molar-refractivity contribution in [3.05, 3.63) is 35.9 Å². The molecule has 1 saturated heterocycles. The van der Waals surface area contributed by atoms with Gasteiger partial charge in [0.1, 0.15) is 12.6 Å². The minimum Gasteiger partial charge on any atom is -0.480 e. The van der Waals surface area contributed by atoms with Gasteiger partial charge in [0.2, 0.25) is 5.91 Å². The molecule has 26 heavy (non-hydrogen) atoms. The molecule has 1 fully saturated rings. The van der Waals surface area contributed by atoms with Crippen LogP contribution in [-0.4, -0.2) is 60.7 Å². The summed E-state index contributed by atoms with van der Waals surface area (Å²) in [7, 11) is 2.00.